The van der Waals surface area contributed by atoms with E-state index in [1.165, 1.54) is 11.3 Å². The van der Waals surface area contributed by atoms with Crippen LogP contribution in [0, 0.1) is 20.8 Å². The third-order valence-corrected chi connectivity index (χ3v) is 6.13. The van der Waals surface area contributed by atoms with Crippen molar-refractivity contribution in [2.24, 2.45) is 0 Å². The van der Waals surface area contributed by atoms with Gasteiger partial charge in [0.2, 0.25) is 5.78 Å². The topological polar surface area (TPSA) is 70.4 Å². The molecule has 0 aliphatic carbocycles. The molecule has 30 heavy (non-hydrogen) atoms. The fourth-order valence-electron chi connectivity index (χ4n) is 3.36. The van der Waals surface area contributed by atoms with Gasteiger partial charge in [0.05, 0.1) is 5.69 Å². The number of aryl methyl sites for hydroxylation is 2. The van der Waals surface area contributed by atoms with Gasteiger partial charge in [-0.05, 0) is 33.3 Å². The zero-order valence-electron chi connectivity index (χ0n) is 17.7. The lowest BCUT2D eigenvalue weighted by Gasteiger charge is -2.09. The molecular formula is C23H26N2O4S. The zero-order valence-corrected chi connectivity index (χ0v) is 18.5. The second-order valence-corrected chi connectivity index (χ2v) is 8.08. The number of esters is 1. The number of carbonyl (C=O) groups is 2. The van der Waals surface area contributed by atoms with Gasteiger partial charge in [0.25, 0.3) is 0 Å². The molecule has 1 aromatic carbocycles. The fourth-order valence-corrected chi connectivity index (χ4v) is 4.32. The van der Waals surface area contributed by atoms with Crippen molar-refractivity contribution in [3.05, 3.63) is 63.9 Å². The maximum atomic E-state index is 12.7. The van der Waals surface area contributed by atoms with E-state index >= 15 is 0 Å². The van der Waals surface area contributed by atoms with Gasteiger partial charge in [0.1, 0.15) is 9.88 Å². The van der Waals surface area contributed by atoms with E-state index in [1.807, 2.05) is 50.2 Å². The van der Waals surface area contributed by atoms with Crippen LogP contribution in [0.1, 0.15) is 43.5 Å². The van der Waals surface area contributed by atoms with Gasteiger partial charge in [-0.1, -0.05) is 30.3 Å². The van der Waals surface area contributed by atoms with E-state index in [2.05, 4.69) is 9.55 Å². The molecule has 0 amide bonds. The maximum absolute atomic E-state index is 12.7. The largest absolute Gasteiger partial charge is 0.453 e. The summed E-state index contributed by atoms with van der Waals surface area (Å²) in [7, 11) is 1.67. The summed E-state index contributed by atoms with van der Waals surface area (Å²) in [6.45, 7) is 6.80. The molecular weight excluding hydrogens is 400 g/mol. The number of hydrogen-bond donors (Lipinski definition) is 0. The Balaban J connectivity index is 1.66. The zero-order chi connectivity index (χ0) is 21.7. The molecule has 0 unspecified atom stereocenters. The summed E-state index contributed by atoms with van der Waals surface area (Å²) < 4.78 is 12.5. The molecule has 0 bridgehead atoms. The van der Waals surface area contributed by atoms with Crippen molar-refractivity contribution in [1.29, 1.82) is 0 Å². The first-order valence-electron chi connectivity index (χ1n) is 9.81. The lowest BCUT2D eigenvalue weighted by molar-refractivity contribution is 0.0478. The molecule has 2 aromatic heterocycles. The molecule has 0 N–H and O–H groups in total. The van der Waals surface area contributed by atoms with Gasteiger partial charge in [-0.15, -0.1) is 11.3 Å². The summed E-state index contributed by atoms with van der Waals surface area (Å²) >= 11 is 1.28. The Hall–Kier alpha value is -2.77. The van der Waals surface area contributed by atoms with E-state index in [-0.39, 0.29) is 12.4 Å². The van der Waals surface area contributed by atoms with Crippen LogP contribution in [0.25, 0.3) is 10.6 Å². The number of rotatable bonds is 9. The first-order valence-corrected chi connectivity index (χ1v) is 10.6. The molecule has 0 aliphatic rings. The van der Waals surface area contributed by atoms with Crippen molar-refractivity contribution >= 4 is 23.1 Å². The Kier molecular flexibility index (Phi) is 7.18. The minimum atomic E-state index is -0.519. The van der Waals surface area contributed by atoms with E-state index in [4.69, 9.17) is 9.47 Å². The molecule has 3 rings (SSSR count). The average molecular weight is 427 g/mol. The van der Waals surface area contributed by atoms with Crippen LogP contribution < -0.4 is 0 Å². The number of ether oxygens (including phenoxy) is 2. The summed E-state index contributed by atoms with van der Waals surface area (Å²) in [5.74, 6) is -0.727. The van der Waals surface area contributed by atoms with E-state index in [9.17, 15) is 9.59 Å². The molecule has 0 saturated carbocycles. The number of Topliss-reactive ketones (excluding diaryl/α,β-unsaturated/α-hetero) is 1. The predicted molar refractivity (Wildman–Crippen MR) is 117 cm³/mol. The van der Waals surface area contributed by atoms with Crippen molar-refractivity contribution < 1.29 is 19.1 Å². The van der Waals surface area contributed by atoms with E-state index < -0.39 is 5.97 Å². The summed E-state index contributed by atoms with van der Waals surface area (Å²) in [4.78, 5) is 30.1. The van der Waals surface area contributed by atoms with Gasteiger partial charge in [-0.2, -0.15) is 0 Å². The van der Waals surface area contributed by atoms with Crippen LogP contribution in [0.4, 0.5) is 0 Å². The monoisotopic (exact) mass is 426 g/mol. The van der Waals surface area contributed by atoms with Crippen LogP contribution in [0.5, 0.6) is 0 Å². The Morgan fingerprint density at radius 2 is 1.87 bits per heavy atom. The van der Waals surface area contributed by atoms with Crippen molar-refractivity contribution in [1.82, 2.24) is 9.55 Å². The summed E-state index contributed by atoms with van der Waals surface area (Å²) in [6.07, 6.45) is 0.865. The number of carbonyl (C=O) groups excluding carboxylic acids is 2. The first kappa shape index (κ1) is 21.9. The Morgan fingerprint density at radius 3 is 2.57 bits per heavy atom. The quantitative estimate of drug-likeness (QED) is 0.284. The van der Waals surface area contributed by atoms with Crippen LogP contribution >= 0.6 is 11.3 Å². The Morgan fingerprint density at radius 1 is 1.13 bits per heavy atom. The number of nitrogens with zero attached hydrogens (tertiary/aromatic N) is 2. The molecule has 7 heteroatoms. The van der Waals surface area contributed by atoms with Crippen molar-refractivity contribution in [2.75, 3.05) is 20.3 Å². The molecule has 0 fully saturated rings. The summed E-state index contributed by atoms with van der Waals surface area (Å²) in [5, 5.41) is 0.756. The van der Waals surface area contributed by atoms with E-state index in [1.54, 1.807) is 14.0 Å². The minimum Gasteiger partial charge on any atom is -0.453 e. The van der Waals surface area contributed by atoms with Crippen molar-refractivity contribution in [3.8, 4) is 10.6 Å². The van der Waals surface area contributed by atoms with Crippen molar-refractivity contribution in [3.63, 3.8) is 0 Å². The van der Waals surface area contributed by atoms with Crippen LogP contribution in [0.3, 0.4) is 0 Å². The number of thiazole rings is 1. The van der Waals surface area contributed by atoms with Gasteiger partial charge in [0.15, 0.2) is 6.61 Å². The lowest BCUT2D eigenvalue weighted by Crippen LogP contribution is -2.15. The maximum Gasteiger partial charge on any atom is 0.350 e. The molecule has 0 atom stereocenters. The number of benzene rings is 1. The summed E-state index contributed by atoms with van der Waals surface area (Å²) in [6, 6.07) is 11.5. The second kappa shape index (κ2) is 9.82. The van der Waals surface area contributed by atoms with Gasteiger partial charge >= 0.3 is 5.97 Å². The van der Waals surface area contributed by atoms with Crippen LogP contribution in [0.2, 0.25) is 0 Å². The molecule has 0 saturated heterocycles. The van der Waals surface area contributed by atoms with Gasteiger partial charge in [0, 0.05) is 42.8 Å². The minimum absolute atomic E-state index is 0.208. The third-order valence-electron chi connectivity index (χ3n) is 4.94. The number of ketones is 1. The molecule has 0 spiro atoms. The molecule has 3 aromatic rings. The normalized spacial score (nSPS) is 10.9. The van der Waals surface area contributed by atoms with Crippen molar-refractivity contribution in [2.45, 2.75) is 33.7 Å². The van der Waals surface area contributed by atoms with Crippen LogP contribution in [0.15, 0.2) is 36.4 Å². The Labute approximate surface area is 180 Å². The number of aromatic nitrogens is 2. The van der Waals surface area contributed by atoms with Crippen LogP contribution in [-0.2, 0) is 16.0 Å². The Bertz CT molecular complexity index is 1040. The van der Waals surface area contributed by atoms with Gasteiger partial charge < -0.3 is 14.0 Å². The molecule has 158 valence electrons. The average Bonchev–Trinajstić information content (AvgIpc) is 3.27. The van der Waals surface area contributed by atoms with Crippen LogP contribution in [-0.4, -0.2) is 41.6 Å². The van der Waals surface area contributed by atoms with Gasteiger partial charge in [-0.3, -0.25) is 4.79 Å². The smallest absolute Gasteiger partial charge is 0.350 e. The third kappa shape index (κ3) is 4.86. The SMILES string of the molecule is COCCCn1c(C)cc(C(=O)COC(=O)c2sc(-c3ccccc3)nc2C)c1C. The fraction of sp³-hybridized carbons (Fsp3) is 0.348. The molecule has 2 heterocycles. The highest BCUT2D eigenvalue weighted by molar-refractivity contribution is 7.17. The highest BCUT2D eigenvalue weighted by Gasteiger charge is 2.21. The first-order chi connectivity index (χ1) is 14.4. The number of hydrogen-bond acceptors (Lipinski definition) is 6. The predicted octanol–water partition coefficient (Wildman–Crippen LogP) is 4.61. The molecule has 6 nitrogen and oxygen atoms in total. The van der Waals surface area contributed by atoms with Gasteiger partial charge in [-0.25, -0.2) is 9.78 Å². The van der Waals surface area contributed by atoms with E-state index in [0.717, 1.165) is 34.9 Å². The standard InChI is InChI=1S/C23H26N2O4S/c1-15-13-19(17(3)25(15)11-8-12-28-4)20(26)14-29-23(27)21-16(2)24-22(30-21)18-9-6-5-7-10-18/h5-7,9-10,13H,8,11-12,14H2,1-4H3. The number of methoxy groups -OCH3 is 1. The highest BCUT2D eigenvalue weighted by atomic mass is 32.1. The van der Waals surface area contributed by atoms with E-state index in [0.29, 0.717) is 22.7 Å². The highest BCUT2D eigenvalue weighted by Crippen LogP contribution is 2.28. The summed E-state index contributed by atoms with van der Waals surface area (Å²) in [5.41, 5.74) is 4.02. The lowest BCUT2D eigenvalue weighted by atomic mass is 10.1. The molecule has 0 radical (unpaired) electrons. The second-order valence-electron chi connectivity index (χ2n) is 7.08. The molecule has 0 aliphatic heterocycles.